The normalized spacial score (nSPS) is 12.6. The fourth-order valence-corrected chi connectivity index (χ4v) is 1.64. The van der Waals surface area contributed by atoms with Gasteiger partial charge in [0, 0.05) is 11.1 Å². The monoisotopic (exact) mass is 235 g/mol. The van der Waals surface area contributed by atoms with E-state index >= 15 is 0 Å². The zero-order valence-electron chi connectivity index (χ0n) is 7.63. The van der Waals surface area contributed by atoms with Crippen LogP contribution in [0.25, 0.3) is 0 Å². The van der Waals surface area contributed by atoms with Gasteiger partial charge in [-0.05, 0) is 11.6 Å². The number of rotatable bonds is 3. The number of methoxy groups -OCH3 is 1. The van der Waals surface area contributed by atoms with Crippen molar-refractivity contribution in [2.75, 3.05) is 13.7 Å². The lowest BCUT2D eigenvalue weighted by molar-refractivity contribution is 0.267. The van der Waals surface area contributed by atoms with Gasteiger partial charge in [0.1, 0.15) is 5.75 Å². The number of hydrogen-bond acceptors (Lipinski definition) is 3. The Morgan fingerprint density at radius 1 is 1.50 bits per heavy atom. The molecule has 1 aromatic carbocycles. The number of aliphatic hydroxyl groups is 1. The Kier molecular flexibility index (Phi) is 4.01. The number of aliphatic hydroxyl groups excluding tert-OH is 1. The van der Waals surface area contributed by atoms with Crippen LogP contribution < -0.4 is 10.5 Å². The summed E-state index contributed by atoms with van der Waals surface area (Å²) < 4.78 is 5.01. The van der Waals surface area contributed by atoms with Crippen LogP contribution in [0.3, 0.4) is 0 Å². The van der Waals surface area contributed by atoms with Crippen LogP contribution >= 0.6 is 23.2 Å². The Labute approximate surface area is 92.4 Å². The van der Waals surface area contributed by atoms with Crippen molar-refractivity contribution in [3.8, 4) is 5.75 Å². The molecule has 0 bridgehead atoms. The van der Waals surface area contributed by atoms with Gasteiger partial charge in [0.25, 0.3) is 0 Å². The molecule has 0 saturated heterocycles. The van der Waals surface area contributed by atoms with Crippen molar-refractivity contribution in [3.63, 3.8) is 0 Å². The first-order valence-electron chi connectivity index (χ1n) is 3.99. The number of benzene rings is 1. The molecule has 1 aromatic rings. The van der Waals surface area contributed by atoms with Gasteiger partial charge in [-0.1, -0.05) is 23.2 Å². The average molecular weight is 236 g/mol. The lowest BCUT2D eigenvalue weighted by atomic mass is 10.1. The van der Waals surface area contributed by atoms with Gasteiger partial charge in [-0.3, -0.25) is 0 Å². The first kappa shape index (κ1) is 11.6. The topological polar surface area (TPSA) is 55.5 Å². The van der Waals surface area contributed by atoms with Crippen LogP contribution in [0.2, 0.25) is 10.0 Å². The summed E-state index contributed by atoms with van der Waals surface area (Å²) in [5.41, 5.74) is 6.22. The summed E-state index contributed by atoms with van der Waals surface area (Å²) in [5, 5.41) is 9.76. The number of ether oxygens (including phenoxy) is 1. The minimum Gasteiger partial charge on any atom is -0.495 e. The van der Waals surface area contributed by atoms with E-state index in [0.717, 1.165) is 0 Å². The maximum Gasteiger partial charge on any atom is 0.139 e. The third-order valence-electron chi connectivity index (χ3n) is 1.85. The highest BCUT2D eigenvalue weighted by Gasteiger charge is 2.14. The maximum absolute atomic E-state index is 8.90. The Balaban J connectivity index is 3.21. The third kappa shape index (κ3) is 2.30. The van der Waals surface area contributed by atoms with Crippen LogP contribution in [0, 0.1) is 0 Å². The lowest BCUT2D eigenvalue weighted by Crippen LogP contribution is -2.15. The Hall–Kier alpha value is -0.480. The Morgan fingerprint density at radius 2 is 2.14 bits per heavy atom. The van der Waals surface area contributed by atoms with Crippen LogP contribution in [0.15, 0.2) is 12.1 Å². The van der Waals surface area contributed by atoms with Gasteiger partial charge in [-0.15, -0.1) is 0 Å². The van der Waals surface area contributed by atoms with Crippen molar-refractivity contribution in [3.05, 3.63) is 27.7 Å². The van der Waals surface area contributed by atoms with Crippen LogP contribution in [0.5, 0.6) is 5.75 Å². The predicted molar refractivity (Wildman–Crippen MR) is 57.0 cm³/mol. The lowest BCUT2D eigenvalue weighted by Gasteiger charge is -2.13. The molecule has 0 aliphatic heterocycles. The standard InChI is InChI=1S/C9H11Cl2NO2/c1-14-8-3-5(10)2-6(9(8)11)7(12)4-13/h2-3,7,13H,4,12H2,1H3. The molecule has 14 heavy (non-hydrogen) atoms. The second-order valence-electron chi connectivity index (χ2n) is 2.80. The van der Waals surface area contributed by atoms with Crippen LogP contribution in [0.1, 0.15) is 11.6 Å². The zero-order chi connectivity index (χ0) is 10.7. The van der Waals surface area contributed by atoms with E-state index < -0.39 is 6.04 Å². The maximum atomic E-state index is 8.90. The van der Waals surface area contributed by atoms with Gasteiger partial charge in [-0.2, -0.15) is 0 Å². The first-order chi connectivity index (χ1) is 6.60. The molecular formula is C9H11Cl2NO2. The molecule has 78 valence electrons. The van der Waals surface area contributed by atoms with Gasteiger partial charge in [0.2, 0.25) is 0 Å². The molecule has 0 heterocycles. The molecule has 0 amide bonds. The number of halogens is 2. The second kappa shape index (κ2) is 4.84. The van der Waals surface area contributed by atoms with Gasteiger partial charge in [0.05, 0.1) is 24.8 Å². The molecule has 1 rings (SSSR count). The van der Waals surface area contributed by atoms with Crippen molar-refractivity contribution in [2.24, 2.45) is 5.73 Å². The highest BCUT2D eigenvalue weighted by Crippen LogP contribution is 2.34. The molecule has 0 spiro atoms. The minimum absolute atomic E-state index is 0.191. The Bertz CT molecular complexity index is 331. The molecule has 1 unspecified atom stereocenters. The van der Waals surface area contributed by atoms with Crippen molar-refractivity contribution >= 4 is 23.2 Å². The van der Waals surface area contributed by atoms with Gasteiger partial charge in [-0.25, -0.2) is 0 Å². The highest BCUT2D eigenvalue weighted by molar-refractivity contribution is 6.35. The van der Waals surface area contributed by atoms with Crippen molar-refractivity contribution < 1.29 is 9.84 Å². The molecule has 5 heteroatoms. The van der Waals surface area contributed by atoms with Crippen LogP contribution in [-0.2, 0) is 0 Å². The summed E-state index contributed by atoms with van der Waals surface area (Å²) in [7, 11) is 1.49. The quantitative estimate of drug-likeness (QED) is 0.843. The van der Waals surface area contributed by atoms with Gasteiger partial charge < -0.3 is 15.6 Å². The van der Waals surface area contributed by atoms with Crippen molar-refractivity contribution in [1.82, 2.24) is 0 Å². The molecular weight excluding hydrogens is 225 g/mol. The highest BCUT2D eigenvalue weighted by atomic mass is 35.5. The van der Waals surface area contributed by atoms with Crippen LogP contribution in [-0.4, -0.2) is 18.8 Å². The molecule has 0 aromatic heterocycles. The van der Waals surface area contributed by atoms with Gasteiger partial charge in [0.15, 0.2) is 0 Å². The van der Waals surface area contributed by atoms with E-state index in [1.54, 1.807) is 12.1 Å². The predicted octanol–water partition coefficient (Wildman–Crippen LogP) is 1.99. The molecule has 3 N–H and O–H groups in total. The molecule has 3 nitrogen and oxygen atoms in total. The largest absolute Gasteiger partial charge is 0.495 e. The summed E-state index contributed by atoms with van der Waals surface area (Å²) >= 11 is 11.8. The summed E-state index contributed by atoms with van der Waals surface area (Å²) in [6.45, 7) is -0.191. The van der Waals surface area contributed by atoms with E-state index in [1.807, 2.05) is 0 Å². The summed E-state index contributed by atoms with van der Waals surface area (Å²) in [5.74, 6) is 0.457. The summed E-state index contributed by atoms with van der Waals surface area (Å²) in [6, 6.07) is 2.67. The van der Waals surface area contributed by atoms with Crippen LogP contribution in [0.4, 0.5) is 0 Å². The summed E-state index contributed by atoms with van der Waals surface area (Å²) in [4.78, 5) is 0. The number of nitrogens with two attached hydrogens (primary N) is 1. The van der Waals surface area contributed by atoms with Crippen molar-refractivity contribution in [1.29, 1.82) is 0 Å². The number of hydrogen-bond donors (Lipinski definition) is 2. The molecule has 1 atom stereocenters. The van der Waals surface area contributed by atoms with E-state index in [9.17, 15) is 0 Å². The van der Waals surface area contributed by atoms with E-state index in [-0.39, 0.29) is 6.61 Å². The fraction of sp³-hybridized carbons (Fsp3) is 0.333. The summed E-state index contributed by atoms with van der Waals surface area (Å²) in [6.07, 6.45) is 0. The Morgan fingerprint density at radius 3 is 2.64 bits per heavy atom. The SMILES string of the molecule is COc1cc(Cl)cc(C(N)CO)c1Cl. The molecule has 0 aliphatic carbocycles. The second-order valence-corrected chi connectivity index (χ2v) is 3.61. The minimum atomic E-state index is -0.546. The molecule has 0 aliphatic rings. The fourth-order valence-electron chi connectivity index (χ4n) is 1.10. The first-order valence-corrected chi connectivity index (χ1v) is 4.75. The molecule has 0 saturated carbocycles. The van der Waals surface area contributed by atoms with Crippen molar-refractivity contribution in [2.45, 2.75) is 6.04 Å². The van der Waals surface area contributed by atoms with Gasteiger partial charge >= 0.3 is 0 Å². The third-order valence-corrected chi connectivity index (χ3v) is 2.47. The molecule has 0 fully saturated rings. The van der Waals surface area contributed by atoms with E-state index in [0.29, 0.717) is 21.4 Å². The zero-order valence-corrected chi connectivity index (χ0v) is 9.14. The molecule has 0 radical (unpaired) electrons. The smallest absolute Gasteiger partial charge is 0.139 e. The van der Waals surface area contributed by atoms with E-state index in [2.05, 4.69) is 0 Å². The van der Waals surface area contributed by atoms with E-state index in [4.69, 9.17) is 38.8 Å². The average Bonchev–Trinajstić information content (AvgIpc) is 2.19. The van der Waals surface area contributed by atoms with E-state index in [1.165, 1.54) is 7.11 Å².